The Morgan fingerprint density at radius 2 is 1.26 bits per heavy atom. The molecule has 0 radical (unpaired) electrons. The molecule has 0 spiro atoms. The summed E-state index contributed by atoms with van der Waals surface area (Å²) in [6, 6.07) is 0. The van der Waals surface area contributed by atoms with Gasteiger partial charge in [-0.3, -0.25) is 0 Å². The normalized spacial score (nSPS) is 10.8. The Hall–Kier alpha value is -0.440. The third kappa shape index (κ3) is 9.15. The predicted molar refractivity (Wildman–Crippen MR) is 85.3 cm³/mol. The molecule has 1 rings (SSSR count). The first-order valence-corrected chi connectivity index (χ1v) is 8.58. The lowest BCUT2D eigenvalue weighted by atomic mass is 10.0. The van der Waals surface area contributed by atoms with Gasteiger partial charge < -0.3 is 0 Å². The second kappa shape index (κ2) is 11.4. The molecule has 0 unspecified atom stereocenters. The van der Waals surface area contributed by atoms with Crippen molar-refractivity contribution >= 4 is 15.9 Å². The number of hydrogen-bond acceptors (Lipinski definition) is 2. The second-order valence-corrected chi connectivity index (χ2v) is 6.00. The second-order valence-electron chi connectivity index (χ2n) is 5.29. The maximum absolute atomic E-state index is 4.15. The van der Waals surface area contributed by atoms with E-state index in [0.717, 1.165) is 6.42 Å². The van der Waals surface area contributed by atoms with Crippen LogP contribution in [0, 0.1) is 0 Å². The molecule has 3 heteroatoms. The summed E-state index contributed by atoms with van der Waals surface area (Å²) in [7, 11) is 0. The maximum atomic E-state index is 4.15. The molecule has 0 saturated carbocycles. The van der Waals surface area contributed by atoms with Gasteiger partial charge in [-0.15, -0.1) is 0 Å². The fourth-order valence-corrected chi connectivity index (χ4v) is 2.49. The fourth-order valence-electron chi connectivity index (χ4n) is 2.28. The minimum absolute atomic E-state index is 0.680. The lowest BCUT2D eigenvalue weighted by Gasteiger charge is -2.02. The molecule has 1 heterocycles. The molecule has 0 saturated heterocycles. The zero-order chi connectivity index (χ0) is 13.8. The van der Waals surface area contributed by atoms with E-state index in [9.17, 15) is 0 Å². The fraction of sp³-hybridized carbons (Fsp3) is 0.750. The molecule has 0 aliphatic rings. The highest BCUT2D eigenvalue weighted by molar-refractivity contribution is 9.10. The molecule has 0 atom stereocenters. The Kier molecular flexibility index (Phi) is 9.96. The average Bonchev–Trinajstić information content (AvgIpc) is 2.43. The Balaban J connectivity index is 1.87. The summed E-state index contributed by atoms with van der Waals surface area (Å²) in [5.74, 6) is 0. The molecular formula is C16H27BrN2. The van der Waals surface area contributed by atoms with Crippen LogP contribution >= 0.6 is 15.9 Å². The van der Waals surface area contributed by atoms with Crippen molar-refractivity contribution in [2.45, 2.75) is 77.6 Å². The number of rotatable bonds is 11. The van der Waals surface area contributed by atoms with Gasteiger partial charge in [0.05, 0.1) is 0 Å². The maximum Gasteiger partial charge on any atom is 0.196 e. The number of aryl methyl sites for hydroxylation is 1. The summed E-state index contributed by atoms with van der Waals surface area (Å²) >= 11 is 3.26. The molecule has 0 aliphatic carbocycles. The quantitative estimate of drug-likeness (QED) is 0.385. The summed E-state index contributed by atoms with van der Waals surface area (Å²) in [4.78, 5) is 8.30. The van der Waals surface area contributed by atoms with Crippen LogP contribution in [0.15, 0.2) is 17.1 Å². The first kappa shape index (κ1) is 16.6. The van der Waals surface area contributed by atoms with Gasteiger partial charge in [-0.25, -0.2) is 9.97 Å². The van der Waals surface area contributed by atoms with Crippen molar-refractivity contribution in [2.75, 3.05) is 0 Å². The van der Waals surface area contributed by atoms with Crippen LogP contribution in [0.5, 0.6) is 0 Å². The van der Waals surface area contributed by atoms with Gasteiger partial charge in [0.1, 0.15) is 0 Å². The standard InChI is InChI=1S/C16H27BrN2/c1-2-3-4-5-6-7-8-9-10-11-12-15-13-18-16(17)19-14-15/h13-14H,2-12H2,1H3. The molecule has 0 bridgehead atoms. The van der Waals surface area contributed by atoms with E-state index < -0.39 is 0 Å². The number of aromatic nitrogens is 2. The monoisotopic (exact) mass is 326 g/mol. The summed E-state index contributed by atoms with van der Waals surface area (Å²) in [5, 5.41) is 0. The molecule has 0 aliphatic heterocycles. The SMILES string of the molecule is CCCCCCCCCCCCc1cnc(Br)nc1. The molecule has 0 amide bonds. The van der Waals surface area contributed by atoms with Crippen molar-refractivity contribution in [3.8, 4) is 0 Å². The van der Waals surface area contributed by atoms with Crippen molar-refractivity contribution in [1.29, 1.82) is 0 Å². The van der Waals surface area contributed by atoms with E-state index in [4.69, 9.17) is 0 Å². The van der Waals surface area contributed by atoms with Crippen molar-refractivity contribution < 1.29 is 0 Å². The van der Waals surface area contributed by atoms with E-state index in [1.807, 2.05) is 12.4 Å². The highest BCUT2D eigenvalue weighted by atomic mass is 79.9. The summed E-state index contributed by atoms with van der Waals surface area (Å²) in [5.41, 5.74) is 1.25. The van der Waals surface area contributed by atoms with Gasteiger partial charge in [-0.2, -0.15) is 0 Å². The first-order chi connectivity index (χ1) is 9.33. The Morgan fingerprint density at radius 1 is 0.789 bits per heavy atom. The molecule has 108 valence electrons. The minimum atomic E-state index is 0.680. The molecular weight excluding hydrogens is 300 g/mol. The van der Waals surface area contributed by atoms with E-state index >= 15 is 0 Å². The molecule has 0 fully saturated rings. The molecule has 2 nitrogen and oxygen atoms in total. The number of hydrogen-bond donors (Lipinski definition) is 0. The Morgan fingerprint density at radius 3 is 1.79 bits per heavy atom. The van der Waals surface area contributed by atoms with Gasteiger partial charge in [0.15, 0.2) is 4.73 Å². The Labute approximate surface area is 126 Å². The highest BCUT2D eigenvalue weighted by Crippen LogP contribution is 2.12. The van der Waals surface area contributed by atoms with Gasteiger partial charge in [0.2, 0.25) is 0 Å². The largest absolute Gasteiger partial charge is 0.230 e. The Bertz CT molecular complexity index is 311. The predicted octanol–water partition coefficient (Wildman–Crippen LogP) is 5.70. The zero-order valence-corrected chi connectivity index (χ0v) is 13.8. The van der Waals surface area contributed by atoms with E-state index in [2.05, 4.69) is 32.8 Å². The first-order valence-electron chi connectivity index (χ1n) is 7.79. The highest BCUT2D eigenvalue weighted by Gasteiger charge is 1.96. The van der Waals surface area contributed by atoms with Crippen LogP contribution in [-0.4, -0.2) is 9.97 Å². The average molecular weight is 327 g/mol. The number of halogens is 1. The lowest BCUT2D eigenvalue weighted by molar-refractivity contribution is 0.556. The van der Waals surface area contributed by atoms with Crippen molar-refractivity contribution in [2.24, 2.45) is 0 Å². The van der Waals surface area contributed by atoms with E-state index in [0.29, 0.717) is 4.73 Å². The van der Waals surface area contributed by atoms with Crippen LogP contribution in [0.3, 0.4) is 0 Å². The minimum Gasteiger partial charge on any atom is -0.230 e. The number of unbranched alkanes of at least 4 members (excludes halogenated alkanes) is 9. The van der Waals surface area contributed by atoms with Crippen molar-refractivity contribution in [3.05, 3.63) is 22.7 Å². The molecule has 0 aromatic carbocycles. The van der Waals surface area contributed by atoms with Crippen LogP contribution < -0.4 is 0 Å². The summed E-state index contributed by atoms with van der Waals surface area (Å²) < 4.78 is 0.680. The van der Waals surface area contributed by atoms with Crippen LogP contribution in [0.2, 0.25) is 0 Å². The third-order valence-corrected chi connectivity index (χ3v) is 3.90. The van der Waals surface area contributed by atoms with Gasteiger partial charge >= 0.3 is 0 Å². The van der Waals surface area contributed by atoms with Gasteiger partial charge in [-0.05, 0) is 34.3 Å². The molecule has 0 N–H and O–H groups in total. The smallest absolute Gasteiger partial charge is 0.196 e. The van der Waals surface area contributed by atoms with Crippen molar-refractivity contribution in [1.82, 2.24) is 9.97 Å². The molecule has 1 aromatic rings. The number of nitrogens with zero attached hydrogens (tertiary/aromatic N) is 2. The summed E-state index contributed by atoms with van der Waals surface area (Å²) in [6.07, 6.45) is 18.8. The topological polar surface area (TPSA) is 25.8 Å². The van der Waals surface area contributed by atoms with E-state index in [1.165, 1.54) is 69.8 Å². The van der Waals surface area contributed by atoms with Gasteiger partial charge in [-0.1, -0.05) is 64.7 Å². The van der Waals surface area contributed by atoms with Crippen LogP contribution in [0.25, 0.3) is 0 Å². The van der Waals surface area contributed by atoms with Gasteiger partial charge in [0.25, 0.3) is 0 Å². The van der Waals surface area contributed by atoms with Crippen molar-refractivity contribution in [3.63, 3.8) is 0 Å². The summed E-state index contributed by atoms with van der Waals surface area (Å²) in [6.45, 7) is 2.27. The van der Waals surface area contributed by atoms with Crippen LogP contribution in [0.1, 0.15) is 76.7 Å². The molecule has 19 heavy (non-hydrogen) atoms. The van der Waals surface area contributed by atoms with Crippen LogP contribution in [-0.2, 0) is 6.42 Å². The van der Waals surface area contributed by atoms with E-state index in [-0.39, 0.29) is 0 Å². The lowest BCUT2D eigenvalue weighted by Crippen LogP contribution is -1.90. The molecule has 1 aromatic heterocycles. The third-order valence-electron chi connectivity index (χ3n) is 3.49. The zero-order valence-electron chi connectivity index (χ0n) is 12.2. The van der Waals surface area contributed by atoms with Gasteiger partial charge in [0, 0.05) is 12.4 Å². The van der Waals surface area contributed by atoms with E-state index in [1.54, 1.807) is 0 Å². The van der Waals surface area contributed by atoms with Crippen LogP contribution in [0.4, 0.5) is 0 Å².